The highest BCUT2D eigenvalue weighted by molar-refractivity contribution is 7.99. The van der Waals surface area contributed by atoms with E-state index in [0.717, 1.165) is 17.8 Å². The number of halogens is 4. The van der Waals surface area contributed by atoms with Gasteiger partial charge in [-0.15, -0.1) is 0 Å². The minimum absolute atomic E-state index is 0.148. The van der Waals surface area contributed by atoms with Gasteiger partial charge >= 0.3 is 6.18 Å². The molecule has 0 aliphatic rings. The van der Waals surface area contributed by atoms with Crippen molar-refractivity contribution in [2.45, 2.75) is 18.1 Å². The van der Waals surface area contributed by atoms with Crippen LogP contribution < -0.4 is 5.32 Å². The number of amides is 1. The zero-order valence-electron chi connectivity index (χ0n) is 15.1. The van der Waals surface area contributed by atoms with E-state index in [1.165, 1.54) is 36.4 Å². The number of aryl methyl sites for hydroxylation is 1. The van der Waals surface area contributed by atoms with E-state index >= 15 is 0 Å². The van der Waals surface area contributed by atoms with Crippen LogP contribution in [-0.2, 0) is 11.0 Å². The number of nitrogens with one attached hydrogen (secondary N) is 1. The maximum atomic E-state index is 13.4. The topological polar surface area (TPSA) is 54.9 Å². The van der Waals surface area contributed by atoms with Gasteiger partial charge < -0.3 is 5.32 Å². The van der Waals surface area contributed by atoms with Crippen molar-refractivity contribution in [2.24, 2.45) is 0 Å². The molecule has 0 saturated heterocycles. The highest BCUT2D eigenvalue weighted by Crippen LogP contribution is 2.34. The smallest absolute Gasteiger partial charge is 0.325 e. The number of thioether (sulfide) groups is 1. The van der Waals surface area contributed by atoms with Gasteiger partial charge in [0.15, 0.2) is 5.82 Å². The number of para-hydroxylation sites is 1. The Morgan fingerprint density at radius 2 is 1.83 bits per heavy atom. The minimum atomic E-state index is -4.57. The number of anilines is 1. The molecular formula is C20H15F4N3OS. The minimum Gasteiger partial charge on any atom is -0.325 e. The summed E-state index contributed by atoms with van der Waals surface area (Å²) in [4.78, 5) is 20.7. The van der Waals surface area contributed by atoms with Crippen LogP contribution in [0.2, 0.25) is 0 Å². The van der Waals surface area contributed by atoms with Crippen molar-refractivity contribution >= 4 is 23.4 Å². The van der Waals surface area contributed by atoms with Crippen LogP contribution in [0.3, 0.4) is 0 Å². The Morgan fingerprint density at radius 1 is 1.07 bits per heavy atom. The van der Waals surface area contributed by atoms with Crippen molar-refractivity contribution in [3.8, 4) is 11.4 Å². The van der Waals surface area contributed by atoms with Crippen LogP contribution in [0.25, 0.3) is 11.4 Å². The van der Waals surface area contributed by atoms with Gasteiger partial charge in [-0.2, -0.15) is 13.2 Å². The fourth-order valence-electron chi connectivity index (χ4n) is 2.54. The van der Waals surface area contributed by atoms with Gasteiger partial charge in [-0.3, -0.25) is 4.79 Å². The molecule has 1 N–H and O–H groups in total. The summed E-state index contributed by atoms with van der Waals surface area (Å²) >= 11 is 1.05. The summed E-state index contributed by atoms with van der Waals surface area (Å²) in [5, 5.41) is 2.74. The molecular weight excluding hydrogens is 406 g/mol. The third-order valence-corrected chi connectivity index (χ3v) is 4.68. The van der Waals surface area contributed by atoms with Crippen molar-refractivity contribution in [1.29, 1.82) is 0 Å². The van der Waals surface area contributed by atoms with Gasteiger partial charge in [-0.05, 0) is 37.3 Å². The standard InChI is InChI=1S/C20H15F4N3OS/c1-12-9-18(27-19(25-12)13-5-4-6-14(21)10-13)29-11-17(28)26-16-8-3-2-7-15(16)20(22,23)24/h2-10H,11H2,1H3,(H,26,28). The Morgan fingerprint density at radius 3 is 2.55 bits per heavy atom. The van der Waals surface area contributed by atoms with Crippen molar-refractivity contribution in [1.82, 2.24) is 9.97 Å². The average molecular weight is 421 g/mol. The molecule has 1 aromatic heterocycles. The number of carbonyl (C=O) groups excluding carboxylic acids is 1. The van der Waals surface area contributed by atoms with Gasteiger partial charge in [0.1, 0.15) is 10.8 Å². The number of hydrogen-bond acceptors (Lipinski definition) is 4. The monoisotopic (exact) mass is 421 g/mol. The van der Waals surface area contributed by atoms with Crippen LogP contribution in [0, 0.1) is 12.7 Å². The van der Waals surface area contributed by atoms with Gasteiger partial charge in [0.05, 0.1) is 17.0 Å². The van der Waals surface area contributed by atoms with E-state index in [2.05, 4.69) is 15.3 Å². The molecule has 0 unspecified atom stereocenters. The van der Waals surface area contributed by atoms with E-state index in [1.54, 1.807) is 19.1 Å². The second kappa shape index (κ2) is 8.60. The molecule has 0 bridgehead atoms. The zero-order chi connectivity index (χ0) is 21.0. The van der Waals surface area contributed by atoms with Crippen LogP contribution in [0.1, 0.15) is 11.3 Å². The third kappa shape index (κ3) is 5.54. The van der Waals surface area contributed by atoms with Crippen molar-refractivity contribution in [3.63, 3.8) is 0 Å². The Kier molecular flexibility index (Phi) is 6.17. The second-order valence-corrected chi connectivity index (χ2v) is 7.06. The molecule has 2 aromatic carbocycles. The summed E-state index contributed by atoms with van der Waals surface area (Å²) in [5.74, 6) is -0.875. The first kappa shape index (κ1) is 20.8. The van der Waals surface area contributed by atoms with E-state index in [1.807, 2.05) is 0 Å². The Bertz CT molecular complexity index is 1040. The van der Waals surface area contributed by atoms with E-state index in [4.69, 9.17) is 0 Å². The summed E-state index contributed by atoms with van der Waals surface area (Å²) < 4.78 is 52.5. The summed E-state index contributed by atoms with van der Waals surface area (Å²) in [5.41, 5.74) is -0.113. The summed E-state index contributed by atoms with van der Waals surface area (Å²) in [7, 11) is 0. The molecule has 0 atom stereocenters. The van der Waals surface area contributed by atoms with Gasteiger partial charge in [0.25, 0.3) is 0 Å². The Hall–Kier alpha value is -2.94. The predicted octanol–water partition coefficient (Wildman–Crippen LogP) is 5.34. The molecule has 0 spiro atoms. The average Bonchev–Trinajstić information content (AvgIpc) is 2.65. The molecule has 29 heavy (non-hydrogen) atoms. The lowest BCUT2D eigenvalue weighted by Gasteiger charge is -2.13. The highest BCUT2D eigenvalue weighted by atomic mass is 32.2. The Labute approximate surface area is 168 Å². The van der Waals surface area contributed by atoms with Crippen LogP contribution in [-0.4, -0.2) is 21.6 Å². The number of hydrogen-bond donors (Lipinski definition) is 1. The number of carbonyl (C=O) groups is 1. The van der Waals surface area contributed by atoms with Crippen molar-refractivity contribution in [2.75, 3.05) is 11.1 Å². The fraction of sp³-hybridized carbons (Fsp3) is 0.150. The molecule has 0 aliphatic carbocycles. The molecule has 9 heteroatoms. The van der Waals surface area contributed by atoms with E-state index in [0.29, 0.717) is 22.1 Å². The van der Waals surface area contributed by atoms with Gasteiger partial charge in [0, 0.05) is 11.3 Å². The molecule has 0 aliphatic heterocycles. The molecule has 0 radical (unpaired) electrons. The normalized spacial score (nSPS) is 11.3. The van der Waals surface area contributed by atoms with Crippen molar-refractivity contribution < 1.29 is 22.4 Å². The molecule has 0 saturated carbocycles. The van der Waals surface area contributed by atoms with Crippen LogP contribution in [0.15, 0.2) is 59.6 Å². The van der Waals surface area contributed by atoms with Crippen molar-refractivity contribution in [3.05, 3.63) is 71.7 Å². The number of alkyl halides is 3. The van der Waals surface area contributed by atoms with Gasteiger partial charge in [0.2, 0.25) is 5.91 Å². The lowest BCUT2D eigenvalue weighted by Crippen LogP contribution is -2.18. The van der Waals surface area contributed by atoms with E-state index in [9.17, 15) is 22.4 Å². The van der Waals surface area contributed by atoms with Gasteiger partial charge in [-0.25, -0.2) is 14.4 Å². The SMILES string of the molecule is Cc1cc(SCC(=O)Nc2ccccc2C(F)(F)F)nc(-c2cccc(F)c2)n1. The quantitative estimate of drug-likeness (QED) is 0.343. The number of benzene rings is 2. The first-order valence-electron chi connectivity index (χ1n) is 8.43. The Balaban J connectivity index is 1.72. The van der Waals surface area contributed by atoms with Gasteiger partial charge in [-0.1, -0.05) is 36.0 Å². The van der Waals surface area contributed by atoms with Crippen LogP contribution in [0.5, 0.6) is 0 Å². The second-order valence-electron chi connectivity index (χ2n) is 6.06. The molecule has 3 aromatic rings. The first-order valence-corrected chi connectivity index (χ1v) is 9.41. The maximum Gasteiger partial charge on any atom is 0.418 e. The van der Waals surface area contributed by atoms with E-state index in [-0.39, 0.29) is 11.4 Å². The largest absolute Gasteiger partial charge is 0.418 e. The molecule has 4 nitrogen and oxygen atoms in total. The number of nitrogens with zero attached hydrogens (tertiary/aromatic N) is 2. The molecule has 1 heterocycles. The van der Waals surface area contributed by atoms with E-state index < -0.39 is 23.5 Å². The predicted molar refractivity (Wildman–Crippen MR) is 103 cm³/mol. The molecule has 1 amide bonds. The molecule has 0 fully saturated rings. The number of aromatic nitrogens is 2. The maximum absolute atomic E-state index is 13.4. The number of rotatable bonds is 5. The summed E-state index contributed by atoms with van der Waals surface area (Å²) in [6, 6.07) is 12.2. The third-order valence-electron chi connectivity index (χ3n) is 3.77. The fourth-order valence-corrected chi connectivity index (χ4v) is 3.29. The first-order chi connectivity index (χ1) is 13.7. The summed E-state index contributed by atoms with van der Waals surface area (Å²) in [6.45, 7) is 1.73. The zero-order valence-corrected chi connectivity index (χ0v) is 15.9. The van der Waals surface area contributed by atoms with Crippen LogP contribution >= 0.6 is 11.8 Å². The lowest BCUT2D eigenvalue weighted by molar-refractivity contribution is -0.137. The molecule has 3 rings (SSSR count). The summed E-state index contributed by atoms with van der Waals surface area (Å²) in [6.07, 6.45) is -4.57. The molecule has 150 valence electrons. The van der Waals surface area contributed by atoms with Crippen LogP contribution in [0.4, 0.5) is 23.2 Å². The highest BCUT2D eigenvalue weighted by Gasteiger charge is 2.33. The lowest BCUT2D eigenvalue weighted by atomic mass is 10.1.